The maximum absolute atomic E-state index is 12.6. The van der Waals surface area contributed by atoms with E-state index >= 15 is 0 Å². The molecule has 0 aliphatic carbocycles. The monoisotopic (exact) mass is 525 g/mol. The molecule has 1 aliphatic rings. The molecule has 36 heavy (non-hydrogen) atoms. The Labute approximate surface area is 219 Å². The zero-order chi connectivity index (χ0) is 25.5. The molecule has 9 nitrogen and oxygen atoms in total. The first-order chi connectivity index (χ1) is 17.4. The van der Waals surface area contributed by atoms with Gasteiger partial charge in [-0.05, 0) is 25.6 Å². The lowest BCUT2D eigenvalue weighted by atomic mass is 9.97. The number of anilines is 2. The van der Waals surface area contributed by atoms with Gasteiger partial charge in [-0.3, -0.25) is 19.5 Å². The molecular formula is C25H28ClN7O2S. The van der Waals surface area contributed by atoms with Crippen molar-refractivity contribution >= 4 is 45.7 Å². The lowest BCUT2D eigenvalue weighted by molar-refractivity contribution is -0.117. The van der Waals surface area contributed by atoms with Crippen LogP contribution >= 0.6 is 22.9 Å². The maximum atomic E-state index is 12.6. The number of halogens is 1. The van der Waals surface area contributed by atoms with Gasteiger partial charge in [-0.15, -0.1) is 0 Å². The molecule has 3 heterocycles. The summed E-state index contributed by atoms with van der Waals surface area (Å²) < 4.78 is 0.514. The summed E-state index contributed by atoms with van der Waals surface area (Å²) in [7, 11) is 2.12. The van der Waals surface area contributed by atoms with Crippen LogP contribution in [0, 0.1) is 0 Å². The van der Waals surface area contributed by atoms with E-state index in [0.717, 1.165) is 43.9 Å². The van der Waals surface area contributed by atoms with E-state index in [-0.39, 0.29) is 11.8 Å². The van der Waals surface area contributed by atoms with Crippen LogP contribution < -0.4 is 10.6 Å². The number of piperazine rings is 1. The zero-order valence-electron chi connectivity index (χ0n) is 20.1. The molecule has 0 unspecified atom stereocenters. The quantitative estimate of drug-likeness (QED) is 0.432. The summed E-state index contributed by atoms with van der Waals surface area (Å²) in [5.74, 6) is -0.451. The summed E-state index contributed by atoms with van der Waals surface area (Å²) in [4.78, 5) is 42.3. The lowest BCUT2D eigenvalue weighted by Crippen LogP contribution is -2.44. The molecule has 2 aromatic heterocycles. The second-order valence-electron chi connectivity index (χ2n) is 8.59. The van der Waals surface area contributed by atoms with Crippen LogP contribution in [0.2, 0.25) is 4.34 Å². The average Bonchev–Trinajstić information content (AvgIpc) is 3.29. The molecule has 0 saturated carbocycles. The molecule has 1 saturated heterocycles. The predicted octanol–water partition coefficient (Wildman–Crippen LogP) is 3.74. The summed E-state index contributed by atoms with van der Waals surface area (Å²) in [6.45, 7) is 6.65. The van der Waals surface area contributed by atoms with Gasteiger partial charge in [0.2, 0.25) is 11.8 Å². The van der Waals surface area contributed by atoms with E-state index in [1.165, 1.54) is 29.8 Å². The van der Waals surface area contributed by atoms with E-state index < -0.39 is 5.92 Å². The van der Waals surface area contributed by atoms with E-state index in [1.54, 1.807) is 6.20 Å². The van der Waals surface area contributed by atoms with Crippen molar-refractivity contribution in [3.8, 4) is 11.3 Å². The Morgan fingerprint density at radius 1 is 1.11 bits per heavy atom. The number of nitrogens with one attached hydrogen (secondary N) is 2. The number of hydrogen-bond donors (Lipinski definition) is 2. The molecule has 0 bridgehead atoms. The molecule has 0 spiro atoms. The number of benzene rings is 1. The van der Waals surface area contributed by atoms with Crippen LogP contribution in [-0.4, -0.2) is 76.3 Å². The Kier molecular flexibility index (Phi) is 8.76. The zero-order valence-corrected chi connectivity index (χ0v) is 21.7. The molecule has 2 amide bonds. The third-order valence-corrected chi connectivity index (χ3v) is 6.95. The number of amides is 2. The molecule has 1 aliphatic heterocycles. The molecular weight excluding hydrogens is 498 g/mol. The van der Waals surface area contributed by atoms with Crippen molar-refractivity contribution in [1.82, 2.24) is 24.8 Å². The molecule has 1 aromatic carbocycles. The lowest BCUT2D eigenvalue weighted by Gasteiger charge is -2.31. The summed E-state index contributed by atoms with van der Waals surface area (Å²) in [6, 6.07) is 7.57. The number of carbonyl (C=O) groups excluding carboxylic acids is 2. The highest BCUT2D eigenvalue weighted by Crippen LogP contribution is 2.26. The normalized spacial score (nSPS) is 15.6. The highest BCUT2D eigenvalue weighted by Gasteiger charge is 2.18. The van der Waals surface area contributed by atoms with E-state index in [0.29, 0.717) is 21.0 Å². The van der Waals surface area contributed by atoms with Gasteiger partial charge in [-0.1, -0.05) is 47.2 Å². The highest BCUT2D eigenvalue weighted by molar-refractivity contribution is 7.19. The minimum Gasteiger partial charge on any atom is -0.306 e. The van der Waals surface area contributed by atoms with Crippen molar-refractivity contribution in [1.29, 1.82) is 0 Å². The van der Waals surface area contributed by atoms with E-state index in [1.807, 2.05) is 37.3 Å². The summed E-state index contributed by atoms with van der Waals surface area (Å²) in [6.07, 6.45) is 8.03. The molecule has 11 heteroatoms. The van der Waals surface area contributed by atoms with Gasteiger partial charge >= 0.3 is 0 Å². The smallest absolute Gasteiger partial charge is 0.249 e. The van der Waals surface area contributed by atoms with Crippen molar-refractivity contribution in [2.45, 2.75) is 12.8 Å². The molecule has 3 aromatic rings. The number of thiazole rings is 1. The largest absolute Gasteiger partial charge is 0.306 e. The van der Waals surface area contributed by atoms with Crippen LogP contribution in [0.15, 0.2) is 55.0 Å². The Morgan fingerprint density at radius 2 is 1.92 bits per heavy atom. The molecule has 2 N–H and O–H groups in total. The minimum atomic E-state index is -0.406. The number of nitrogens with zero attached hydrogens (tertiary/aromatic N) is 5. The molecule has 4 rings (SSSR count). The van der Waals surface area contributed by atoms with E-state index in [9.17, 15) is 9.59 Å². The van der Waals surface area contributed by atoms with Crippen LogP contribution in [0.25, 0.3) is 11.3 Å². The van der Waals surface area contributed by atoms with Crippen molar-refractivity contribution in [3.63, 3.8) is 0 Å². The van der Waals surface area contributed by atoms with E-state index in [2.05, 4.69) is 42.4 Å². The summed E-state index contributed by atoms with van der Waals surface area (Å²) in [5.41, 5.74) is 2.29. The fraction of sp³-hybridized carbons (Fsp3) is 0.320. The fourth-order valence-corrected chi connectivity index (χ4v) is 4.51. The number of rotatable bonds is 8. The summed E-state index contributed by atoms with van der Waals surface area (Å²) >= 11 is 7.10. The Hall–Kier alpha value is -3.18. The van der Waals surface area contributed by atoms with Gasteiger partial charge in [-0.25, -0.2) is 9.97 Å². The number of carbonyl (C=O) groups is 2. The highest BCUT2D eigenvalue weighted by atomic mass is 35.5. The van der Waals surface area contributed by atoms with Crippen LogP contribution in [0.3, 0.4) is 0 Å². The van der Waals surface area contributed by atoms with Crippen molar-refractivity contribution < 1.29 is 9.59 Å². The standard InChI is InChI=1S/C25H28ClN7O2S/c1-17(24(35)31-25-29-15-21(26)36-25)18-5-3-6-19(13-18)20-14-28-22(16-27-20)30-23(34)7-4-8-33-11-9-32(2)10-12-33/h3-7,13-17H,8-12H2,1-2H3,(H,28,30,34)(H,29,31,35)/b7-4+/t17-/m0/s1. The Balaban J connectivity index is 1.32. The number of hydrogen-bond acceptors (Lipinski definition) is 8. The van der Waals surface area contributed by atoms with Crippen molar-refractivity contribution in [2.75, 3.05) is 50.4 Å². The fourth-order valence-electron chi connectivity index (χ4n) is 3.69. The topological polar surface area (TPSA) is 103 Å². The van der Waals surface area contributed by atoms with Crippen LogP contribution in [0.1, 0.15) is 18.4 Å². The average molecular weight is 526 g/mol. The van der Waals surface area contributed by atoms with Gasteiger partial charge in [-0.2, -0.15) is 0 Å². The van der Waals surface area contributed by atoms with Gasteiger partial charge in [0.15, 0.2) is 10.9 Å². The van der Waals surface area contributed by atoms with Crippen LogP contribution in [-0.2, 0) is 9.59 Å². The molecule has 0 radical (unpaired) electrons. The maximum Gasteiger partial charge on any atom is 0.249 e. The second-order valence-corrected chi connectivity index (χ2v) is 10.3. The van der Waals surface area contributed by atoms with Gasteiger partial charge in [0.05, 0.1) is 30.2 Å². The van der Waals surface area contributed by atoms with Gasteiger partial charge < -0.3 is 15.5 Å². The van der Waals surface area contributed by atoms with E-state index in [4.69, 9.17) is 11.6 Å². The van der Waals surface area contributed by atoms with Gasteiger partial charge in [0.1, 0.15) is 4.34 Å². The molecule has 1 atom stereocenters. The second kappa shape index (κ2) is 12.2. The first-order valence-electron chi connectivity index (χ1n) is 11.6. The summed E-state index contributed by atoms with van der Waals surface area (Å²) in [5, 5.41) is 5.99. The van der Waals surface area contributed by atoms with Crippen molar-refractivity contribution in [2.24, 2.45) is 0 Å². The first kappa shape index (κ1) is 25.9. The number of likely N-dealkylation sites (N-methyl/N-ethyl adjacent to an activating group) is 1. The molecule has 1 fully saturated rings. The van der Waals surface area contributed by atoms with Crippen molar-refractivity contribution in [3.05, 3.63) is 64.9 Å². The van der Waals surface area contributed by atoms with Crippen LogP contribution in [0.4, 0.5) is 10.9 Å². The third kappa shape index (κ3) is 7.17. The molecule has 188 valence electrons. The van der Waals surface area contributed by atoms with Gasteiger partial charge in [0.25, 0.3) is 0 Å². The SMILES string of the molecule is C[C@H](C(=O)Nc1ncc(Cl)s1)c1cccc(-c2cnc(NC(=O)/C=C/CN3CCN(C)CC3)cn2)c1. The first-order valence-corrected chi connectivity index (χ1v) is 12.8. The Morgan fingerprint density at radius 3 is 2.61 bits per heavy atom. The Bertz CT molecular complexity index is 1220. The number of aromatic nitrogens is 3. The minimum absolute atomic E-state index is 0.178. The van der Waals surface area contributed by atoms with Gasteiger partial charge in [0, 0.05) is 44.4 Å². The third-order valence-electron chi connectivity index (χ3n) is 5.92. The predicted molar refractivity (Wildman–Crippen MR) is 143 cm³/mol. The van der Waals surface area contributed by atoms with Crippen LogP contribution in [0.5, 0.6) is 0 Å².